The van der Waals surface area contributed by atoms with Crippen molar-refractivity contribution in [2.75, 3.05) is 12.3 Å². The second-order valence-corrected chi connectivity index (χ2v) is 8.28. The fraction of sp³-hybridized carbons (Fsp3) is 0.115. The van der Waals surface area contributed by atoms with Crippen molar-refractivity contribution in [3.05, 3.63) is 118 Å². The molecule has 0 aliphatic rings. The first-order valence-corrected chi connectivity index (χ1v) is 11.3. The van der Waals surface area contributed by atoms with Crippen LogP contribution in [0.15, 0.2) is 96.2 Å². The molecule has 33 heavy (non-hydrogen) atoms. The van der Waals surface area contributed by atoms with Gasteiger partial charge in [0.1, 0.15) is 15.7 Å². The molecular formula is C26H23N3O3S. The molecule has 7 heteroatoms. The highest BCUT2D eigenvalue weighted by Crippen LogP contribution is 2.47. The van der Waals surface area contributed by atoms with E-state index in [2.05, 4.69) is 5.16 Å². The molecule has 166 valence electrons. The van der Waals surface area contributed by atoms with Crippen LogP contribution in [0.25, 0.3) is 0 Å². The van der Waals surface area contributed by atoms with Crippen LogP contribution in [0.5, 0.6) is 0 Å². The Kier molecular flexibility index (Phi) is 6.51. The molecule has 0 bridgehead atoms. The number of esters is 1. The number of thiazole rings is 1. The number of rotatable bonds is 7. The van der Waals surface area contributed by atoms with Crippen molar-refractivity contribution < 1.29 is 14.7 Å². The molecular weight excluding hydrogens is 434 g/mol. The predicted octanol–water partition coefficient (Wildman–Crippen LogP) is 4.85. The van der Waals surface area contributed by atoms with Crippen molar-refractivity contribution in [3.8, 4) is 0 Å². The van der Waals surface area contributed by atoms with Gasteiger partial charge in [0, 0.05) is 0 Å². The Morgan fingerprint density at radius 2 is 1.39 bits per heavy atom. The van der Waals surface area contributed by atoms with Gasteiger partial charge < -0.3 is 15.7 Å². The van der Waals surface area contributed by atoms with Crippen molar-refractivity contribution in [3.63, 3.8) is 0 Å². The topological polar surface area (TPSA) is 97.8 Å². The Morgan fingerprint density at radius 1 is 0.939 bits per heavy atom. The number of oxime groups is 1. The summed E-state index contributed by atoms with van der Waals surface area (Å²) >= 11 is 1.25. The predicted molar refractivity (Wildman–Crippen MR) is 130 cm³/mol. The van der Waals surface area contributed by atoms with E-state index in [1.807, 2.05) is 91.0 Å². The van der Waals surface area contributed by atoms with Gasteiger partial charge in [-0.25, -0.2) is 9.78 Å². The van der Waals surface area contributed by atoms with E-state index in [0.717, 1.165) is 16.7 Å². The molecule has 0 spiro atoms. The highest BCUT2D eigenvalue weighted by Gasteiger charge is 2.42. The van der Waals surface area contributed by atoms with E-state index in [4.69, 9.17) is 15.5 Å². The van der Waals surface area contributed by atoms with Gasteiger partial charge in [0.2, 0.25) is 5.71 Å². The van der Waals surface area contributed by atoms with Crippen LogP contribution in [0.2, 0.25) is 0 Å². The maximum Gasteiger partial charge on any atom is 0.362 e. The number of nitrogens with zero attached hydrogens (tertiary/aromatic N) is 2. The molecule has 0 saturated carbocycles. The van der Waals surface area contributed by atoms with Crippen molar-refractivity contribution in [2.24, 2.45) is 5.16 Å². The van der Waals surface area contributed by atoms with Gasteiger partial charge in [-0.3, -0.25) is 0 Å². The zero-order valence-corrected chi connectivity index (χ0v) is 18.8. The van der Waals surface area contributed by atoms with Crippen molar-refractivity contribution >= 4 is 28.0 Å². The standard InChI is InChI=1S/C26H23N3O3S/c1-2-32-24(30)22(29-31)21-23(27)33-25(28-21)26(18-12-6-3-7-13-18,19-14-8-4-9-15-19)20-16-10-5-11-17-20/h3-17,31H,2,27H2,1H3/b29-22-. The molecule has 1 aromatic heterocycles. The molecule has 0 radical (unpaired) electrons. The monoisotopic (exact) mass is 457 g/mol. The minimum atomic E-state index is -0.809. The summed E-state index contributed by atoms with van der Waals surface area (Å²) in [7, 11) is 0. The fourth-order valence-corrected chi connectivity index (χ4v) is 5.07. The van der Waals surface area contributed by atoms with Crippen LogP contribution >= 0.6 is 11.3 Å². The molecule has 0 aliphatic heterocycles. The van der Waals surface area contributed by atoms with Gasteiger partial charge in [-0.1, -0.05) is 107 Å². The minimum absolute atomic E-state index is 0.100. The molecule has 3 aromatic carbocycles. The molecule has 0 aliphatic carbocycles. The summed E-state index contributed by atoms with van der Waals surface area (Å²) in [6, 6.07) is 30.0. The zero-order valence-electron chi connectivity index (χ0n) is 18.0. The number of carbonyl (C=O) groups excluding carboxylic acids is 1. The second-order valence-electron chi connectivity index (χ2n) is 7.25. The Labute approximate surface area is 196 Å². The molecule has 3 N–H and O–H groups in total. The van der Waals surface area contributed by atoms with Crippen molar-refractivity contribution in [2.45, 2.75) is 12.3 Å². The van der Waals surface area contributed by atoms with Crippen molar-refractivity contribution in [1.82, 2.24) is 4.98 Å². The van der Waals surface area contributed by atoms with E-state index in [-0.39, 0.29) is 23.0 Å². The first kappa shape index (κ1) is 22.2. The van der Waals surface area contributed by atoms with Crippen molar-refractivity contribution in [1.29, 1.82) is 0 Å². The molecule has 4 aromatic rings. The molecule has 0 saturated heterocycles. The van der Waals surface area contributed by atoms with E-state index in [0.29, 0.717) is 5.01 Å². The van der Waals surface area contributed by atoms with Crippen LogP contribution in [0.1, 0.15) is 34.3 Å². The summed E-state index contributed by atoms with van der Waals surface area (Å²) in [5.74, 6) is -0.784. The second kappa shape index (κ2) is 9.67. The quantitative estimate of drug-likeness (QED) is 0.136. The number of hydrogen-bond donors (Lipinski definition) is 2. The number of aromatic nitrogens is 1. The number of nitrogen functional groups attached to an aromatic ring is 1. The first-order chi connectivity index (χ1) is 16.1. The average molecular weight is 458 g/mol. The van der Waals surface area contributed by atoms with Gasteiger partial charge in [0.25, 0.3) is 0 Å². The van der Waals surface area contributed by atoms with Gasteiger partial charge in [0.15, 0.2) is 0 Å². The molecule has 0 atom stereocenters. The summed E-state index contributed by atoms with van der Waals surface area (Å²) < 4.78 is 5.03. The number of anilines is 1. The third-order valence-corrected chi connectivity index (χ3v) is 6.39. The summed E-state index contributed by atoms with van der Waals surface area (Å²) in [4.78, 5) is 17.2. The van der Waals surface area contributed by atoms with Gasteiger partial charge in [-0.05, 0) is 23.6 Å². The smallest absolute Gasteiger partial charge is 0.362 e. The summed E-state index contributed by atoms with van der Waals surface area (Å²) in [6.45, 7) is 1.81. The summed E-state index contributed by atoms with van der Waals surface area (Å²) in [6.07, 6.45) is 0. The number of ether oxygens (including phenoxy) is 1. The van der Waals surface area contributed by atoms with E-state index in [1.54, 1.807) is 6.92 Å². The number of benzene rings is 3. The Balaban J connectivity index is 2.05. The lowest BCUT2D eigenvalue weighted by atomic mass is 9.70. The molecule has 0 amide bonds. The van der Waals surface area contributed by atoms with E-state index < -0.39 is 11.4 Å². The first-order valence-electron chi connectivity index (χ1n) is 10.5. The normalized spacial score (nSPS) is 11.8. The highest BCUT2D eigenvalue weighted by atomic mass is 32.1. The molecule has 0 fully saturated rings. The largest absolute Gasteiger partial charge is 0.461 e. The van der Waals surface area contributed by atoms with E-state index in [1.165, 1.54) is 11.3 Å². The average Bonchev–Trinajstić information content (AvgIpc) is 3.23. The van der Waals surface area contributed by atoms with Gasteiger partial charge in [-0.2, -0.15) is 0 Å². The third kappa shape index (κ3) is 3.99. The number of carbonyl (C=O) groups is 1. The molecule has 6 nitrogen and oxygen atoms in total. The van der Waals surface area contributed by atoms with Crippen LogP contribution in [-0.2, 0) is 14.9 Å². The lowest BCUT2D eigenvalue weighted by molar-refractivity contribution is -0.135. The summed E-state index contributed by atoms with van der Waals surface area (Å²) in [5.41, 5.74) is 8.27. The molecule has 0 unspecified atom stereocenters. The van der Waals surface area contributed by atoms with Crippen LogP contribution in [0, 0.1) is 0 Å². The highest BCUT2D eigenvalue weighted by molar-refractivity contribution is 7.16. The van der Waals surface area contributed by atoms with Crippen LogP contribution in [0.3, 0.4) is 0 Å². The van der Waals surface area contributed by atoms with E-state index in [9.17, 15) is 10.0 Å². The van der Waals surface area contributed by atoms with Crippen LogP contribution in [0.4, 0.5) is 5.00 Å². The van der Waals surface area contributed by atoms with Gasteiger partial charge >= 0.3 is 5.97 Å². The Morgan fingerprint density at radius 3 is 1.79 bits per heavy atom. The van der Waals surface area contributed by atoms with Crippen LogP contribution in [-0.4, -0.2) is 28.5 Å². The minimum Gasteiger partial charge on any atom is -0.461 e. The SMILES string of the molecule is CCOC(=O)/C(=N\O)c1nc(C(c2ccccc2)(c2ccccc2)c2ccccc2)sc1N. The molecule has 1 heterocycles. The molecule has 4 rings (SSSR count). The lowest BCUT2D eigenvalue weighted by Crippen LogP contribution is -2.31. The summed E-state index contributed by atoms with van der Waals surface area (Å²) in [5, 5.41) is 13.6. The fourth-order valence-electron chi connectivity index (χ4n) is 3.98. The van der Waals surface area contributed by atoms with Gasteiger partial charge in [0.05, 0.1) is 12.0 Å². The van der Waals surface area contributed by atoms with Gasteiger partial charge in [-0.15, -0.1) is 0 Å². The maximum atomic E-state index is 12.4. The zero-order chi connectivity index (χ0) is 23.3. The van der Waals surface area contributed by atoms with Crippen LogP contribution < -0.4 is 5.73 Å². The lowest BCUT2D eigenvalue weighted by Gasteiger charge is -2.34. The van der Waals surface area contributed by atoms with E-state index >= 15 is 0 Å². The number of hydrogen-bond acceptors (Lipinski definition) is 7. The Bertz CT molecular complexity index is 1160. The number of nitrogens with two attached hydrogens (primary N) is 1. The maximum absolute atomic E-state index is 12.4. The Hall–Kier alpha value is -3.97. The third-order valence-electron chi connectivity index (χ3n) is 5.39.